The molecule has 0 aliphatic carbocycles. The van der Waals surface area contributed by atoms with Gasteiger partial charge in [0.2, 0.25) is 0 Å². The quantitative estimate of drug-likeness (QED) is 0.795. The predicted molar refractivity (Wildman–Crippen MR) is 90.4 cm³/mol. The van der Waals surface area contributed by atoms with Crippen LogP contribution in [0.2, 0.25) is 5.02 Å². The molecule has 0 bridgehead atoms. The van der Waals surface area contributed by atoms with E-state index in [4.69, 9.17) is 26.9 Å². The lowest BCUT2D eigenvalue weighted by Crippen LogP contribution is -1.92. The normalized spacial score (nSPS) is 9.43. The molecule has 0 amide bonds. The number of nitriles is 2. The Labute approximate surface area is 140 Å². The third-order valence-electron chi connectivity index (χ3n) is 3.11. The number of allylic oxidation sites excluding steroid dienone is 1. The lowest BCUT2D eigenvalue weighted by Gasteiger charge is -2.11. The van der Waals surface area contributed by atoms with Crippen LogP contribution in [0.25, 0.3) is 0 Å². The van der Waals surface area contributed by atoms with E-state index in [1.54, 1.807) is 30.3 Å². The number of aryl methyl sites for hydroxylation is 2. The topological polar surface area (TPSA) is 68.8 Å². The molecule has 23 heavy (non-hydrogen) atoms. The van der Waals surface area contributed by atoms with E-state index >= 15 is 0 Å². The lowest BCUT2D eigenvalue weighted by atomic mass is 10.1. The van der Waals surface area contributed by atoms with Gasteiger partial charge in [-0.05, 0) is 43.7 Å². The third kappa shape index (κ3) is 4.26. The highest BCUT2D eigenvalue weighted by molar-refractivity contribution is 6.32. The summed E-state index contributed by atoms with van der Waals surface area (Å²) in [5, 5.41) is 20.7. The van der Waals surface area contributed by atoms with Crippen LogP contribution in [0.15, 0.2) is 48.2 Å². The highest BCUT2D eigenvalue weighted by Gasteiger charge is 2.07. The molecule has 0 aliphatic rings. The summed E-state index contributed by atoms with van der Waals surface area (Å²) in [7, 11) is 0. The van der Waals surface area contributed by atoms with E-state index in [9.17, 15) is 0 Å². The number of hydrogen-bond acceptors (Lipinski definition) is 4. The van der Waals surface area contributed by atoms with Crippen molar-refractivity contribution < 1.29 is 4.74 Å². The summed E-state index contributed by atoms with van der Waals surface area (Å²) in [6.45, 7) is 4.00. The van der Waals surface area contributed by atoms with Crippen molar-refractivity contribution in [1.82, 2.24) is 0 Å². The highest BCUT2D eigenvalue weighted by Crippen LogP contribution is 2.33. The number of nitrogens with zero attached hydrogens (tertiary/aromatic N) is 2. The van der Waals surface area contributed by atoms with Gasteiger partial charge in [0.25, 0.3) is 0 Å². The van der Waals surface area contributed by atoms with Crippen molar-refractivity contribution in [2.45, 2.75) is 13.8 Å². The standard InChI is InChI=1S/C18H14ClN3O/c1-12-3-5-17(13(2)7-12)23-18-6-4-15(8-16(18)19)22-11-14(9-20)10-21/h3-8,11,22H,1-2H3. The van der Waals surface area contributed by atoms with E-state index in [-0.39, 0.29) is 5.57 Å². The first-order valence-corrected chi connectivity index (χ1v) is 7.23. The molecule has 0 heterocycles. The van der Waals surface area contributed by atoms with Crippen LogP contribution < -0.4 is 10.1 Å². The second kappa shape index (κ2) is 7.35. The molecule has 2 rings (SSSR count). The summed E-state index contributed by atoms with van der Waals surface area (Å²) in [6, 6.07) is 14.6. The van der Waals surface area contributed by atoms with Crippen LogP contribution in [0.3, 0.4) is 0 Å². The van der Waals surface area contributed by atoms with Crippen molar-refractivity contribution in [2.75, 3.05) is 5.32 Å². The molecule has 5 heteroatoms. The first-order chi connectivity index (χ1) is 11.0. The number of anilines is 1. The predicted octanol–water partition coefficient (Wildman–Crippen LogP) is 5.09. The van der Waals surface area contributed by atoms with Crippen molar-refractivity contribution in [2.24, 2.45) is 0 Å². The zero-order valence-corrected chi connectivity index (χ0v) is 13.5. The zero-order chi connectivity index (χ0) is 16.8. The fraction of sp³-hybridized carbons (Fsp3) is 0.111. The maximum absolute atomic E-state index is 8.69. The van der Waals surface area contributed by atoms with E-state index in [1.165, 1.54) is 6.20 Å². The molecule has 0 saturated carbocycles. The third-order valence-corrected chi connectivity index (χ3v) is 3.40. The molecule has 0 aromatic heterocycles. The Morgan fingerprint density at radius 3 is 2.39 bits per heavy atom. The van der Waals surface area contributed by atoms with Crippen LogP contribution >= 0.6 is 11.6 Å². The number of benzene rings is 2. The number of halogens is 1. The van der Waals surface area contributed by atoms with E-state index in [2.05, 4.69) is 5.32 Å². The fourth-order valence-corrected chi connectivity index (χ4v) is 2.17. The molecule has 2 aromatic rings. The van der Waals surface area contributed by atoms with Gasteiger partial charge in [-0.2, -0.15) is 10.5 Å². The van der Waals surface area contributed by atoms with E-state index < -0.39 is 0 Å². The smallest absolute Gasteiger partial charge is 0.146 e. The van der Waals surface area contributed by atoms with Crippen LogP contribution in [0, 0.1) is 36.5 Å². The van der Waals surface area contributed by atoms with Crippen molar-refractivity contribution >= 4 is 17.3 Å². The van der Waals surface area contributed by atoms with Crippen molar-refractivity contribution in [1.29, 1.82) is 10.5 Å². The molecular formula is C18H14ClN3O. The summed E-state index contributed by atoms with van der Waals surface area (Å²) in [5.74, 6) is 1.28. The SMILES string of the molecule is Cc1ccc(Oc2ccc(NC=C(C#N)C#N)cc2Cl)c(C)c1. The molecule has 0 atom stereocenters. The summed E-state index contributed by atoms with van der Waals surface area (Å²) >= 11 is 6.23. The summed E-state index contributed by atoms with van der Waals surface area (Å²) < 4.78 is 5.84. The average Bonchev–Trinajstić information content (AvgIpc) is 2.53. The molecule has 0 saturated heterocycles. The Bertz CT molecular complexity index is 828. The van der Waals surface area contributed by atoms with E-state index in [1.807, 2.05) is 32.0 Å². The second-order valence-electron chi connectivity index (χ2n) is 4.94. The van der Waals surface area contributed by atoms with Gasteiger partial charge in [0.15, 0.2) is 0 Å². The molecule has 0 radical (unpaired) electrons. The van der Waals surface area contributed by atoms with Gasteiger partial charge in [-0.25, -0.2) is 0 Å². The molecule has 4 nitrogen and oxygen atoms in total. The molecule has 0 fully saturated rings. The van der Waals surface area contributed by atoms with Crippen molar-refractivity contribution in [3.8, 4) is 23.6 Å². The molecule has 114 valence electrons. The molecule has 0 aliphatic heterocycles. The molecule has 2 aromatic carbocycles. The number of rotatable bonds is 4. The Hall–Kier alpha value is -2.95. The minimum Gasteiger partial charge on any atom is -0.456 e. The first kappa shape index (κ1) is 16.4. The average molecular weight is 324 g/mol. The molecule has 1 N–H and O–H groups in total. The Kier molecular flexibility index (Phi) is 5.25. The van der Waals surface area contributed by atoms with Crippen LogP contribution in [-0.4, -0.2) is 0 Å². The maximum atomic E-state index is 8.69. The Morgan fingerprint density at radius 1 is 1.09 bits per heavy atom. The number of hydrogen-bond donors (Lipinski definition) is 1. The minimum absolute atomic E-state index is 0.0169. The van der Waals surface area contributed by atoms with Crippen molar-refractivity contribution in [3.05, 3.63) is 64.3 Å². The van der Waals surface area contributed by atoms with Gasteiger partial charge in [-0.1, -0.05) is 29.3 Å². The minimum atomic E-state index is -0.0169. The van der Waals surface area contributed by atoms with Gasteiger partial charge in [0.1, 0.15) is 29.2 Å². The Morgan fingerprint density at radius 2 is 1.78 bits per heavy atom. The van der Waals surface area contributed by atoms with Crippen LogP contribution in [-0.2, 0) is 0 Å². The highest BCUT2D eigenvalue weighted by atomic mass is 35.5. The van der Waals surface area contributed by atoms with Gasteiger partial charge in [0, 0.05) is 11.9 Å². The maximum Gasteiger partial charge on any atom is 0.146 e. The fourth-order valence-electron chi connectivity index (χ4n) is 1.95. The second-order valence-corrected chi connectivity index (χ2v) is 5.35. The van der Waals surface area contributed by atoms with Crippen molar-refractivity contribution in [3.63, 3.8) is 0 Å². The number of ether oxygens (including phenoxy) is 1. The molecular weight excluding hydrogens is 310 g/mol. The van der Waals surface area contributed by atoms with Gasteiger partial charge >= 0.3 is 0 Å². The van der Waals surface area contributed by atoms with Crippen LogP contribution in [0.4, 0.5) is 5.69 Å². The van der Waals surface area contributed by atoms with Crippen LogP contribution in [0.1, 0.15) is 11.1 Å². The monoisotopic (exact) mass is 323 g/mol. The Balaban J connectivity index is 2.18. The van der Waals surface area contributed by atoms with Gasteiger partial charge in [-0.15, -0.1) is 0 Å². The van der Waals surface area contributed by atoms with E-state index in [0.717, 1.165) is 16.9 Å². The summed E-state index contributed by atoms with van der Waals surface area (Å²) in [4.78, 5) is 0. The molecule has 0 unspecified atom stereocenters. The van der Waals surface area contributed by atoms with E-state index in [0.29, 0.717) is 16.5 Å². The van der Waals surface area contributed by atoms with Crippen LogP contribution in [0.5, 0.6) is 11.5 Å². The van der Waals surface area contributed by atoms with Gasteiger partial charge in [-0.3, -0.25) is 0 Å². The molecule has 0 spiro atoms. The first-order valence-electron chi connectivity index (χ1n) is 6.85. The zero-order valence-electron chi connectivity index (χ0n) is 12.7. The van der Waals surface area contributed by atoms with Gasteiger partial charge in [0.05, 0.1) is 5.02 Å². The summed E-state index contributed by atoms with van der Waals surface area (Å²) in [5.41, 5.74) is 2.83. The number of nitrogens with one attached hydrogen (secondary N) is 1. The van der Waals surface area contributed by atoms with Gasteiger partial charge < -0.3 is 10.1 Å². The largest absolute Gasteiger partial charge is 0.456 e. The summed E-state index contributed by atoms with van der Waals surface area (Å²) in [6.07, 6.45) is 1.33. The lowest BCUT2D eigenvalue weighted by molar-refractivity contribution is 0.479.